The molecule has 0 radical (unpaired) electrons. The number of piperazine rings is 1. The maximum atomic E-state index is 12.3. The van der Waals surface area contributed by atoms with Gasteiger partial charge in [-0.1, -0.05) is 0 Å². The summed E-state index contributed by atoms with van der Waals surface area (Å²) in [5.74, 6) is 0.601. The highest BCUT2D eigenvalue weighted by Crippen LogP contribution is 2.16. The summed E-state index contributed by atoms with van der Waals surface area (Å²) < 4.78 is 0. The van der Waals surface area contributed by atoms with Crippen LogP contribution in [0.4, 0.5) is 5.82 Å². The average molecular weight is 331 g/mol. The molecule has 0 bridgehead atoms. The van der Waals surface area contributed by atoms with Crippen LogP contribution in [0.15, 0.2) is 18.3 Å². The van der Waals surface area contributed by atoms with Crippen LogP contribution in [0.1, 0.15) is 36.0 Å². The minimum Gasteiger partial charge on any atom is -0.366 e. The van der Waals surface area contributed by atoms with Gasteiger partial charge in [0.2, 0.25) is 11.8 Å². The summed E-state index contributed by atoms with van der Waals surface area (Å²) in [6, 6.07) is 4.02. The third-order valence-electron chi connectivity index (χ3n) is 4.86. The summed E-state index contributed by atoms with van der Waals surface area (Å²) in [5, 5.41) is 3.44. The van der Waals surface area contributed by atoms with Gasteiger partial charge in [-0.25, -0.2) is 4.98 Å². The molecule has 7 heteroatoms. The Balaban J connectivity index is 1.46. The first-order chi connectivity index (χ1) is 11.6. The largest absolute Gasteiger partial charge is 0.366 e. The number of nitrogens with one attached hydrogen (secondary N) is 1. The van der Waals surface area contributed by atoms with Gasteiger partial charge in [-0.05, 0) is 37.9 Å². The number of anilines is 1. The molecule has 130 valence electrons. The van der Waals surface area contributed by atoms with Crippen molar-refractivity contribution in [3.05, 3.63) is 23.9 Å². The van der Waals surface area contributed by atoms with Crippen molar-refractivity contribution in [3.8, 4) is 0 Å². The fourth-order valence-electron chi connectivity index (χ4n) is 3.36. The molecule has 1 atom stereocenters. The minimum atomic E-state index is -0.471. The Morgan fingerprint density at radius 3 is 2.62 bits per heavy atom. The number of nitrogens with two attached hydrogens (primary N) is 1. The Kier molecular flexibility index (Phi) is 5.30. The second-order valence-corrected chi connectivity index (χ2v) is 6.47. The molecule has 2 fully saturated rings. The Bertz CT molecular complexity index is 575. The lowest BCUT2D eigenvalue weighted by Crippen LogP contribution is -2.49. The first-order valence-electron chi connectivity index (χ1n) is 8.65. The first kappa shape index (κ1) is 16.7. The van der Waals surface area contributed by atoms with E-state index in [1.165, 1.54) is 19.0 Å². The van der Waals surface area contributed by atoms with Crippen molar-refractivity contribution in [2.75, 3.05) is 37.6 Å². The lowest BCUT2D eigenvalue weighted by atomic mass is 10.1. The van der Waals surface area contributed by atoms with E-state index in [-0.39, 0.29) is 5.91 Å². The summed E-state index contributed by atoms with van der Waals surface area (Å²) >= 11 is 0. The quantitative estimate of drug-likeness (QED) is 0.813. The van der Waals surface area contributed by atoms with Crippen LogP contribution < -0.4 is 16.0 Å². The molecule has 3 rings (SSSR count). The Labute approximate surface area is 142 Å². The van der Waals surface area contributed by atoms with Crippen molar-refractivity contribution >= 4 is 17.6 Å². The van der Waals surface area contributed by atoms with E-state index in [0.717, 1.165) is 45.0 Å². The van der Waals surface area contributed by atoms with Crippen molar-refractivity contribution in [1.82, 2.24) is 15.2 Å². The van der Waals surface area contributed by atoms with Gasteiger partial charge in [0, 0.05) is 44.8 Å². The second-order valence-electron chi connectivity index (χ2n) is 6.47. The van der Waals surface area contributed by atoms with Crippen LogP contribution in [-0.2, 0) is 4.79 Å². The number of hydrogen-bond acceptors (Lipinski definition) is 5. The topological polar surface area (TPSA) is 91.6 Å². The Hall–Kier alpha value is -2.15. The van der Waals surface area contributed by atoms with E-state index in [1.807, 2.05) is 11.0 Å². The highest BCUT2D eigenvalue weighted by molar-refractivity contribution is 5.92. The van der Waals surface area contributed by atoms with Gasteiger partial charge in [0.15, 0.2) is 0 Å². The average Bonchev–Trinajstić information content (AvgIpc) is 3.13. The Morgan fingerprint density at radius 1 is 1.25 bits per heavy atom. The summed E-state index contributed by atoms with van der Waals surface area (Å²) in [6.07, 6.45) is 5.48. The number of carbonyl (C=O) groups excluding carboxylic acids is 2. The molecule has 0 aromatic carbocycles. The monoisotopic (exact) mass is 331 g/mol. The third kappa shape index (κ3) is 4.03. The van der Waals surface area contributed by atoms with Crippen molar-refractivity contribution in [3.63, 3.8) is 0 Å². The molecular formula is C17H25N5O2. The molecule has 3 heterocycles. The molecule has 2 saturated heterocycles. The number of pyridine rings is 1. The molecule has 0 saturated carbocycles. The second kappa shape index (κ2) is 7.61. The van der Waals surface area contributed by atoms with E-state index in [1.54, 1.807) is 6.07 Å². The summed E-state index contributed by atoms with van der Waals surface area (Å²) in [7, 11) is 0. The number of carbonyl (C=O) groups is 2. The van der Waals surface area contributed by atoms with Gasteiger partial charge < -0.3 is 20.9 Å². The van der Waals surface area contributed by atoms with E-state index in [2.05, 4.69) is 15.2 Å². The van der Waals surface area contributed by atoms with E-state index >= 15 is 0 Å². The number of rotatable bonds is 5. The summed E-state index contributed by atoms with van der Waals surface area (Å²) in [5.41, 5.74) is 5.64. The molecule has 1 aromatic rings. The Morgan fingerprint density at radius 2 is 2.04 bits per heavy atom. The normalized spacial score (nSPS) is 21.1. The zero-order valence-corrected chi connectivity index (χ0v) is 13.9. The predicted molar refractivity (Wildman–Crippen MR) is 91.8 cm³/mol. The van der Waals surface area contributed by atoms with Gasteiger partial charge in [-0.3, -0.25) is 9.59 Å². The van der Waals surface area contributed by atoms with Gasteiger partial charge in [0.05, 0.1) is 5.56 Å². The number of amides is 2. The molecule has 0 spiro atoms. The maximum Gasteiger partial charge on any atom is 0.250 e. The van der Waals surface area contributed by atoms with Crippen molar-refractivity contribution in [1.29, 1.82) is 0 Å². The van der Waals surface area contributed by atoms with E-state index in [4.69, 9.17) is 5.73 Å². The number of nitrogens with zero attached hydrogens (tertiary/aromatic N) is 3. The first-order valence-corrected chi connectivity index (χ1v) is 8.65. The fourth-order valence-corrected chi connectivity index (χ4v) is 3.36. The minimum absolute atomic E-state index is 0.250. The van der Waals surface area contributed by atoms with Gasteiger partial charge in [0.1, 0.15) is 5.82 Å². The molecule has 1 aromatic heterocycles. The van der Waals surface area contributed by atoms with Gasteiger partial charge in [-0.2, -0.15) is 0 Å². The van der Waals surface area contributed by atoms with Crippen LogP contribution in [0.5, 0.6) is 0 Å². The highest BCUT2D eigenvalue weighted by Gasteiger charge is 2.23. The van der Waals surface area contributed by atoms with Crippen LogP contribution >= 0.6 is 0 Å². The fraction of sp³-hybridized carbons (Fsp3) is 0.588. The van der Waals surface area contributed by atoms with Gasteiger partial charge in [0.25, 0.3) is 0 Å². The van der Waals surface area contributed by atoms with E-state index in [9.17, 15) is 9.59 Å². The number of hydrogen-bond donors (Lipinski definition) is 2. The molecule has 0 aliphatic carbocycles. The van der Waals surface area contributed by atoms with Crippen molar-refractivity contribution in [2.24, 2.45) is 5.73 Å². The third-order valence-corrected chi connectivity index (χ3v) is 4.86. The molecule has 2 amide bonds. The standard InChI is InChI=1S/C17H25N5O2/c18-17(24)13-3-5-15(20-12-13)21-8-10-22(11-9-21)16(23)6-4-14-2-1-7-19-14/h3,5,12,14,19H,1-2,4,6-11H2,(H2,18,24). The van der Waals surface area contributed by atoms with Crippen LogP contribution in [0.25, 0.3) is 0 Å². The van der Waals surface area contributed by atoms with E-state index in [0.29, 0.717) is 18.0 Å². The lowest BCUT2D eigenvalue weighted by molar-refractivity contribution is -0.131. The predicted octanol–water partition coefficient (Wildman–Crippen LogP) is 0.361. The van der Waals surface area contributed by atoms with Gasteiger partial charge in [-0.15, -0.1) is 0 Å². The molecule has 2 aliphatic rings. The lowest BCUT2D eigenvalue weighted by Gasteiger charge is -2.35. The zero-order chi connectivity index (χ0) is 16.9. The molecular weight excluding hydrogens is 306 g/mol. The van der Waals surface area contributed by atoms with Gasteiger partial charge >= 0.3 is 0 Å². The van der Waals surface area contributed by atoms with Crippen LogP contribution in [0.3, 0.4) is 0 Å². The maximum absolute atomic E-state index is 12.3. The molecule has 3 N–H and O–H groups in total. The molecule has 7 nitrogen and oxygen atoms in total. The van der Waals surface area contributed by atoms with Crippen LogP contribution in [0.2, 0.25) is 0 Å². The molecule has 24 heavy (non-hydrogen) atoms. The smallest absolute Gasteiger partial charge is 0.250 e. The molecule has 1 unspecified atom stereocenters. The summed E-state index contributed by atoms with van der Waals surface area (Å²) in [4.78, 5) is 31.8. The number of aromatic nitrogens is 1. The van der Waals surface area contributed by atoms with Crippen molar-refractivity contribution < 1.29 is 9.59 Å². The zero-order valence-electron chi connectivity index (χ0n) is 13.9. The summed E-state index contributed by atoms with van der Waals surface area (Å²) in [6.45, 7) is 4.04. The number of primary amides is 1. The van der Waals surface area contributed by atoms with E-state index < -0.39 is 5.91 Å². The van der Waals surface area contributed by atoms with Crippen LogP contribution in [0, 0.1) is 0 Å². The highest BCUT2D eigenvalue weighted by atomic mass is 16.2. The molecule has 2 aliphatic heterocycles. The SMILES string of the molecule is NC(=O)c1ccc(N2CCN(C(=O)CCC3CCCN3)CC2)nc1. The van der Waals surface area contributed by atoms with Crippen molar-refractivity contribution in [2.45, 2.75) is 31.7 Å². The van der Waals surface area contributed by atoms with Crippen LogP contribution in [-0.4, -0.2) is 60.5 Å².